The molecule has 1 aromatic carbocycles. The Balaban J connectivity index is 2.89. The van der Waals surface area contributed by atoms with E-state index in [0.717, 1.165) is 5.56 Å². The van der Waals surface area contributed by atoms with Gasteiger partial charge in [0, 0.05) is 7.11 Å². The lowest BCUT2D eigenvalue weighted by Crippen LogP contribution is -2.32. The molecule has 0 heterocycles. The quantitative estimate of drug-likeness (QED) is 0.826. The van der Waals surface area contributed by atoms with Crippen LogP contribution in [-0.4, -0.2) is 31.5 Å². The fraction of sp³-hybridized carbons (Fsp3) is 0.364. The van der Waals surface area contributed by atoms with Crippen LogP contribution >= 0.6 is 0 Å². The average molecular weight is 209 g/mol. The van der Waals surface area contributed by atoms with Crippen molar-refractivity contribution in [2.45, 2.75) is 6.92 Å². The normalized spacial score (nSPS) is 10.0. The number of para-hydroxylation sites is 1. The summed E-state index contributed by atoms with van der Waals surface area (Å²) in [5, 5.41) is 9.05. The number of carboxylic acid groups (broad SMARTS) is 1. The third-order valence-electron chi connectivity index (χ3n) is 2.16. The van der Waals surface area contributed by atoms with E-state index < -0.39 is 6.09 Å². The van der Waals surface area contributed by atoms with Crippen LogP contribution in [0.5, 0.6) is 0 Å². The summed E-state index contributed by atoms with van der Waals surface area (Å²) < 4.78 is 4.88. The van der Waals surface area contributed by atoms with Gasteiger partial charge in [0.2, 0.25) is 0 Å². The van der Waals surface area contributed by atoms with Crippen molar-refractivity contribution in [2.75, 3.05) is 25.2 Å². The molecule has 0 spiro atoms. The molecule has 0 aliphatic rings. The third-order valence-corrected chi connectivity index (χ3v) is 2.16. The highest BCUT2D eigenvalue weighted by Gasteiger charge is 2.14. The monoisotopic (exact) mass is 209 g/mol. The fourth-order valence-electron chi connectivity index (χ4n) is 1.37. The van der Waals surface area contributed by atoms with E-state index in [1.54, 1.807) is 13.2 Å². The Hall–Kier alpha value is -1.55. The summed E-state index contributed by atoms with van der Waals surface area (Å²) in [5.41, 5.74) is 1.65. The molecule has 4 heteroatoms. The Morgan fingerprint density at radius 2 is 2.13 bits per heavy atom. The summed E-state index contributed by atoms with van der Waals surface area (Å²) in [6, 6.07) is 7.39. The van der Waals surface area contributed by atoms with Gasteiger partial charge >= 0.3 is 6.09 Å². The first-order chi connectivity index (χ1) is 7.16. The summed E-state index contributed by atoms with van der Waals surface area (Å²) >= 11 is 0. The third kappa shape index (κ3) is 2.95. The lowest BCUT2D eigenvalue weighted by molar-refractivity contribution is 0.186. The molecule has 0 fully saturated rings. The first kappa shape index (κ1) is 11.5. The number of benzene rings is 1. The van der Waals surface area contributed by atoms with Crippen LogP contribution in [0.15, 0.2) is 24.3 Å². The molecule has 82 valence electrons. The summed E-state index contributed by atoms with van der Waals surface area (Å²) in [7, 11) is 1.55. The zero-order valence-electron chi connectivity index (χ0n) is 8.93. The molecule has 0 bridgehead atoms. The Labute approximate surface area is 89.1 Å². The van der Waals surface area contributed by atoms with E-state index in [4.69, 9.17) is 9.84 Å². The molecule has 0 atom stereocenters. The van der Waals surface area contributed by atoms with Crippen LogP contribution < -0.4 is 4.90 Å². The van der Waals surface area contributed by atoms with Crippen LogP contribution in [0.25, 0.3) is 0 Å². The Morgan fingerprint density at radius 3 is 2.67 bits per heavy atom. The molecule has 1 N–H and O–H groups in total. The van der Waals surface area contributed by atoms with Crippen molar-refractivity contribution < 1.29 is 14.6 Å². The van der Waals surface area contributed by atoms with Gasteiger partial charge in [-0.25, -0.2) is 4.79 Å². The van der Waals surface area contributed by atoms with Gasteiger partial charge in [-0.05, 0) is 18.6 Å². The number of carbonyl (C=O) groups is 1. The number of ether oxygens (including phenoxy) is 1. The van der Waals surface area contributed by atoms with Gasteiger partial charge in [-0.2, -0.15) is 0 Å². The van der Waals surface area contributed by atoms with Crippen LogP contribution in [0.4, 0.5) is 10.5 Å². The maximum Gasteiger partial charge on any atom is 0.411 e. The van der Waals surface area contributed by atoms with Gasteiger partial charge in [-0.1, -0.05) is 18.2 Å². The summed E-state index contributed by atoms with van der Waals surface area (Å²) in [6.45, 7) is 2.62. The Bertz CT molecular complexity index is 338. The first-order valence-corrected chi connectivity index (χ1v) is 4.72. The lowest BCUT2D eigenvalue weighted by Gasteiger charge is -2.20. The zero-order chi connectivity index (χ0) is 11.3. The van der Waals surface area contributed by atoms with Crippen LogP contribution in [0, 0.1) is 6.92 Å². The van der Waals surface area contributed by atoms with E-state index in [9.17, 15) is 4.79 Å². The van der Waals surface area contributed by atoms with E-state index in [0.29, 0.717) is 18.8 Å². The average Bonchev–Trinajstić information content (AvgIpc) is 2.20. The first-order valence-electron chi connectivity index (χ1n) is 4.72. The van der Waals surface area contributed by atoms with Gasteiger partial charge in [0.1, 0.15) is 0 Å². The van der Waals surface area contributed by atoms with E-state index in [-0.39, 0.29) is 0 Å². The van der Waals surface area contributed by atoms with Crippen LogP contribution in [0.1, 0.15) is 5.56 Å². The molecule has 0 saturated heterocycles. The second kappa shape index (κ2) is 5.36. The number of anilines is 1. The number of hydrogen-bond acceptors (Lipinski definition) is 2. The maximum atomic E-state index is 11.0. The number of aryl methyl sites for hydroxylation is 1. The molecule has 0 unspecified atom stereocenters. The fourth-order valence-corrected chi connectivity index (χ4v) is 1.37. The highest BCUT2D eigenvalue weighted by atomic mass is 16.5. The molecule has 1 aromatic rings. The van der Waals surface area contributed by atoms with Crippen molar-refractivity contribution >= 4 is 11.8 Å². The smallest absolute Gasteiger partial charge is 0.411 e. The van der Waals surface area contributed by atoms with E-state index in [2.05, 4.69) is 0 Å². The molecule has 0 saturated carbocycles. The number of amides is 1. The molecule has 0 aliphatic heterocycles. The van der Waals surface area contributed by atoms with E-state index in [1.807, 2.05) is 25.1 Å². The van der Waals surface area contributed by atoms with Gasteiger partial charge in [0.05, 0.1) is 18.8 Å². The second-order valence-corrected chi connectivity index (χ2v) is 3.21. The van der Waals surface area contributed by atoms with Crippen molar-refractivity contribution in [1.29, 1.82) is 0 Å². The molecular weight excluding hydrogens is 194 g/mol. The minimum absolute atomic E-state index is 0.344. The molecule has 1 rings (SSSR count). The van der Waals surface area contributed by atoms with Crippen molar-refractivity contribution in [1.82, 2.24) is 0 Å². The predicted octanol–water partition coefficient (Wildman–Crippen LogP) is 2.13. The largest absolute Gasteiger partial charge is 0.465 e. The van der Waals surface area contributed by atoms with Crippen LogP contribution in [0.2, 0.25) is 0 Å². The lowest BCUT2D eigenvalue weighted by atomic mass is 10.2. The second-order valence-electron chi connectivity index (χ2n) is 3.21. The van der Waals surface area contributed by atoms with Crippen molar-refractivity contribution in [3.8, 4) is 0 Å². The minimum Gasteiger partial charge on any atom is -0.465 e. The zero-order valence-corrected chi connectivity index (χ0v) is 8.93. The Kier molecular flexibility index (Phi) is 4.12. The van der Waals surface area contributed by atoms with Gasteiger partial charge < -0.3 is 9.84 Å². The molecule has 15 heavy (non-hydrogen) atoms. The molecule has 0 aliphatic carbocycles. The topological polar surface area (TPSA) is 49.8 Å². The Morgan fingerprint density at radius 1 is 1.47 bits per heavy atom. The van der Waals surface area contributed by atoms with Crippen molar-refractivity contribution in [2.24, 2.45) is 0 Å². The number of methoxy groups -OCH3 is 1. The summed E-state index contributed by atoms with van der Waals surface area (Å²) in [6.07, 6.45) is -0.957. The molecule has 4 nitrogen and oxygen atoms in total. The van der Waals surface area contributed by atoms with Crippen molar-refractivity contribution in [3.05, 3.63) is 29.8 Å². The van der Waals surface area contributed by atoms with Crippen LogP contribution in [-0.2, 0) is 4.74 Å². The molecule has 0 radical (unpaired) electrons. The minimum atomic E-state index is -0.957. The highest BCUT2D eigenvalue weighted by Crippen LogP contribution is 2.19. The van der Waals surface area contributed by atoms with Gasteiger partial charge in [-0.15, -0.1) is 0 Å². The number of hydrogen-bond donors (Lipinski definition) is 1. The van der Waals surface area contributed by atoms with Crippen molar-refractivity contribution in [3.63, 3.8) is 0 Å². The molecule has 1 amide bonds. The standard InChI is InChI=1S/C11H15NO3/c1-9-5-3-4-6-10(9)12(11(13)14)7-8-15-2/h3-6H,7-8H2,1-2H3,(H,13,14). The van der Waals surface area contributed by atoms with E-state index in [1.165, 1.54) is 4.90 Å². The SMILES string of the molecule is COCCN(C(=O)O)c1ccccc1C. The number of rotatable bonds is 4. The van der Waals surface area contributed by atoms with E-state index >= 15 is 0 Å². The predicted molar refractivity (Wildman–Crippen MR) is 58.4 cm³/mol. The van der Waals surface area contributed by atoms with Gasteiger partial charge in [0.25, 0.3) is 0 Å². The summed E-state index contributed by atoms with van der Waals surface area (Å²) in [4.78, 5) is 12.3. The highest BCUT2D eigenvalue weighted by molar-refractivity contribution is 5.87. The molecule has 0 aromatic heterocycles. The van der Waals surface area contributed by atoms with Gasteiger partial charge in [0.15, 0.2) is 0 Å². The maximum absolute atomic E-state index is 11.0. The molecular formula is C11H15NO3. The van der Waals surface area contributed by atoms with Gasteiger partial charge in [-0.3, -0.25) is 4.90 Å². The number of nitrogens with zero attached hydrogens (tertiary/aromatic N) is 1. The van der Waals surface area contributed by atoms with Crippen LogP contribution in [0.3, 0.4) is 0 Å². The summed E-state index contributed by atoms with van der Waals surface area (Å²) in [5.74, 6) is 0.